The number of amides is 1. The summed E-state index contributed by atoms with van der Waals surface area (Å²) in [5.41, 5.74) is 0.201. The molecule has 110 valence electrons. The molecule has 4 nitrogen and oxygen atoms in total. The molecule has 1 aromatic rings. The minimum absolute atomic E-state index is 0.168. The SMILES string of the molecule is O=C(O)C1c2ccsc2CCN1C(=O)C(F)(F)C(F)F. The number of carbonyl (C=O) groups excluding carboxylic acids is 1. The van der Waals surface area contributed by atoms with Crippen molar-refractivity contribution in [1.82, 2.24) is 4.90 Å². The zero-order valence-electron chi connectivity index (χ0n) is 9.85. The van der Waals surface area contributed by atoms with Crippen molar-refractivity contribution in [3.05, 3.63) is 21.9 Å². The Bertz CT molecular complexity index is 546. The van der Waals surface area contributed by atoms with Crippen LogP contribution < -0.4 is 0 Å². The fourth-order valence-corrected chi connectivity index (χ4v) is 2.99. The lowest BCUT2D eigenvalue weighted by molar-refractivity contribution is -0.186. The molecule has 1 aromatic heterocycles. The van der Waals surface area contributed by atoms with Gasteiger partial charge in [0.15, 0.2) is 6.04 Å². The molecule has 0 bridgehead atoms. The number of thiophene rings is 1. The maximum atomic E-state index is 13.1. The summed E-state index contributed by atoms with van der Waals surface area (Å²) in [7, 11) is 0. The van der Waals surface area contributed by atoms with E-state index in [9.17, 15) is 27.2 Å². The fourth-order valence-electron chi connectivity index (χ4n) is 2.09. The third-order valence-corrected chi connectivity index (χ3v) is 4.02. The summed E-state index contributed by atoms with van der Waals surface area (Å²) in [4.78, 5) is 23.7. The van der Waals surface area contributed by atoms with Crippen molar-refractivity contribution in [3.8, 4) is 0 Å². The highest BCUT2D eigenvalue weighted by Gasteiger charge is 2.54. The van der Waals surface area contributed by atoms with Crippen molar-refractivity contribution in [2.24, 2.45) is 0 Å². The Morgan fingerprint density at radius 1 is 1.45 bits per heavy atom. The molecule has 0 radical (unpaired) electrons. The van der Waals surface area contributed by atoms with Gasteiger partial charge in [-0.15, -0.1) is 11.3 Å². The second kappa shape index (κ2) is 5.04. The normalized spacial score (nSPS) is 19.1. The minimum atomic E-state index is -4.89. The molecule has 1 N–H and O–H groups in total. The summed E-state index contributed by atoms with van der Waals surface area (Å²) in [6, 6.07) is -0.249. The Balaban J connectivity index is 2.38. The van der Waals surface area contributed by atoms with Gasteiger partial charge in [-0.25, -0.2) is 13.6 Å². The average molecular weight is 311 g/mol. The molecule has 0 aliphatic carbocycles. The number of rotatable bonds is 3. The first-order valence-corrected chi connectivity index (χ1v) is 6.41. The van der Waals surface area contributed by atoms with E-state index in [0.717, 1.165) is 0 Å². The predicted octanol–water partition coefficient (Wildman–Crippen LogP) is 2.16. The molecule has 1 aliphatic rings. The number of halogens is 4. The topological polar surface area (TPSA) is 57.6 Å². The van der Waals surface area contributed by atoms with Crippen molar-refractivity contribution >= 4 is 23.2 Å². The summed E-state index contributed by atoms with van der Waals surface area (Å²) < 4.78 is 50.7. The Morgan fingerprint density at radius 3 is 2.65 bits per heavy atom. The van der Waals surface area contributed by atoms with E-state index < -0.39 is 30.3 Å². The molecule has 2 heterocycles. The Kier molecular flexibility index (Phi) is 3.72. The molecular formula is C11H9F4NO3S. The molecule has 0 spiro atoms. The maximum Gasteiger partial charge on any atom is 0.383 e. The lowest BCUT2D eigenvalue weighted by atomic mass is 9.99. The summed E-state index contributed by atoms with van der Waals surface area (Å²) >= 11 is 1.24. The van der Waals surface area contributed by atoms with Gasteiger partial charge < -0.3 is 10.0 Å². The number of alkyl halides is 4. The van der Waals surface area contributed by atoms with Crippen molar-refractivity contribution < 1.29 is 32.3 Å². The molecule has 1 atom stereocenters. The molecule has 1 amide bonds. The van der Waals surface area contributed by atoms with Crippen LogP contribution in [0.15, 0.2) is 11.4 Å². The summed E-state index contributed by atoms with van der Waals surface area (Å²) in [5.74, 6) is -8.57. The highest BCUT2D eigenvalue weighted by Crippen LogP contribution is 2.36. The second-order valence-corrected chi connectivity index (χ2v) is 5.21. The lowest BCUT2D eigenvalue weighted by Crippen LogP contribution is -2.52. The average Bonchev–Trinajstić information content (AvgIpc) is 2.83. The van der Waals surface area contributed by atoms with E-state index in [1.807, 2.05) is 0 Å². The van der Waals surface area contributed by atoms with Gasteiger partial charge >= 0.3 is 18.3 Å². The van der Waals surface area contributed by atoms with Crippen molar-refractivity contribution in [3.63, 3.8) is 0 Å². The standard InChI is InChI=1S/C11H9F4NO3S/c12-9(13)11(14,15)10(19)16-3-1-6-5(2-4-20-6)7(16)8(17)18/h2,4,7,9H,1,3H2,(H,17,18). The van der Waals surface area contributed by atoms with Crippen LogP contribution in [0.25, 0.3) is 0 Å². The number of carboxylic acids is 1. The molecule has 1 unspecified atom stereocenters. The van der Waals surface area contributed by atoms with E-state index in [2.05, 4.69) is 0 Å². The number of aliphatic carboxylic acids is 1. The van der Waals surface area contributed by atoms with Crippen LogP contribution in [0.2, 0.25) is 0 Å². The number of nitrogens with zero attached hydrogens (tertiary/aromatic N) is 1. The van der Waals surface area contributed by atoms with E-state index in [4.69, 9.17) is 5.11 Å². The third-order valence-electron chi connectivity index (χ3n) is 3.02. The maximum absolute atomic E-state index is 13.1. The van der Waals surface area contributed by atoms with Gasteiger partial charge in [0.25, 0.3) is 5.91 Å². The zero-order chi connectivity index (χ0) is 15.1. The van der Waals surface area contributed by atoms with Crippen LogP contribution in [0.3, 0.4) is 0 Å². The first kappa shape index (κ1) is 14.8. The molecular weight excluding hydrogens is 302 g/mol. The number of fused-ring (bicyclic) bond motifs is 1. The van der Waals surface area contributed by atoms with E-state index >= 15 is 0 Å². The molecule has 0 saturated heterocycles. The van der Waals surface area contributed by atoms with E-state index in [1.54, 1.807) is 5.38 Å². The number of carboxylic acid groups (broad SMARTS) is 1. The molecule has 20 heavy (non-hydrogen) atoms. The lowest BCUT2D eigenvalue weighted by Gasteiger charge is -2.35. The van der Waals surface area contributed by atoms with Crippen LogP contribution >= 0.6 is 11.3 Å². The first-order valence-electron chi connectivity index (χ1n) is 5.53. The molecule has 2 rings (SSSR count). The van der Waals surface area contributed by atoms with Gasteiger partial charge in [0.1, 0.15) is 0 Å². The molecule has 0 saturated carbocycles. The van der Waals surface area contributed by atoms with Crippen LogP contribution in [0.5, 0.6) is 0 Å². The smallest absolute Gasteiger partial charge is 0.383 e. The number of hydrogen-bond donors (Lipinski definition) is 1. The van der Waals surface area contributed by atoms with Gasteiger partial charge in [-0.1, -0.05) is 0 Å². The first-order chi connectivity index (χ1) is 9.26. The van der Waals surface area contributed by atoms with Crippen LogP contribution in [0, 0.1) is 0 Å². The van der Waals surface area contributed by atoms with Crippen molar-refractivity contribution in [1.29, 1.82) is 0 Å². The van der Waals surface area contributed by atoms with Gasteiger partial charge in [-0.05, 0) is 23.4 Å². The van der Waals surface area contributed by atoms with E-state index in [-0.39, 0.29) is 18.5 Å². The number of carbonyl (C=O) groups is 2. The van der Waals surface area contributed by atoms with Gasteiger partial charge in [-0.2, -0.15) is 8.78 Å². The van der Waals surface area contributed by atoms with Gasteiger partial charge in [0.2, 0.25) is 0 Å². The van der Waals surface area contributed by atoms with Gasteiger partial charge in [0.05, 0.1) is 0 Å². The van der Waals surface area contributed by atoms with E-state index in [0.29, 0.717) is 9.78 Å². The Labute approximate surface area is 114 Å². The summed E-state index contributed by atoms with van der Waals surface area (Å²) in [5, 5.41) is 10.7. The minimum Gasteiger partial charge on any atom is -0.479 e. The Hall–Kier alpha value is -1.64. The predicted molar refractivity (Wildman–Crippen MR) is 61.1 cm³/mol. The highest BCUT2D eigenvalue weighted by atomic mass is 32.1. The monoisotopic (exact) mass is 311 g/mol. The van der Waals surface area contributed by atoms with Crippen LogP contribution in [0.1, 0.15) is 16.5 Å². The molecule has 1 aliphatic heterocycles. The zero-order valence-corrected chi connectivity index (χ0v) is 10.7. The van der Waals surface area contributed by atoms with Gasteiger partial charge in [-0.3, -0.25) is 4.79 Å². The van der Waals surface area contributed by atoms with Crippen molar-refractivity contribution in [2.45, 2.75) is 24.8 Å². The van der Waals surface area contributed by atoms with Crippen LogP contribution in [-0.4, -0.2) is 40.8 Å². The summed E-state index contributed by atoms with van der Waals surface area (Å²) in [6.07, 6.45) is -4.00. The second-order valence-electron chi connectivity index (χ2n) is 4.21. The summed E-state index contributed by atoms with van der Waals surface area (Å²) in [6.45, 7) is -0.328. The fraction of sp³-hybridized carbons (Fsp3) is 0.455. The molecule has 0 aromatic carbocycles. The largest absolute Gasteiger partial charge is 0.479 e. The van der Waals surface area contributed by atoms with Crippen LogP contribution in [0.4, 0.5) is 17.6 Å². The van der Waals surface area contributed by atoms with E-state index in [1.165, 1.54) is 17.4 Å². The van der Waals surface area contributed by atoms with Crippen LogP contribution in [-0.2, 0) is 16.0 Å². The van der Waals surface area contributed by atoms with Gasteiger partial charge in [0, 0.05) is 11.4 Å². The molecule has 0 fully saturated rings. The quantitative estimate of drug-likeness (QED) is 0.870. The molecule has 9 heteroatoms. The third kappa shape index (κ3) is 2.26. The number of hydrogen-bond acceptors (Lipinski definition) is 3. The highest BCUT2D eigenvalue weighted by molar-refractivity contribution is 7.10. The van der Waals surface area contributed by atoms with Crippen molar-refractivity contribution in [2.75, 3.05) is 6.54 Å². The Morgan fingerprint density at radius 2 is 2.10 bits per heavy atom.